The first-order chi connectivity index (χ1) is 10.6. The Morgan fingerprint density at radius 2 is 1.83 bits per heavy atom. The lowest BCUT2D eigenvalue weighted by molar-refractivity contribution is -0.192. The zero-order valence-electron chi connectivity index (χ0n) is 12.7. The standard InChI is InChI=1S/C13H16N2O.C2HF3O2/c1-14-8-7-13(9-14)10-5-3-4-6-11(10)15(2)12(13)16;3-2(4,5)1(6)7/h3-6H,7-9H2,1-2H3;(H,6,7). The van der Waals surface area contributed by atoms with Crippen LogP contribution in [0.15, 0.2) is 24.3 Å². The molecule has 0 radical (unpaired) electrons. The van der Waals surface area contributed by atoms with Gasteiger partial charge in [0.2, 0.25) is 5.91 Å². The first-order valence-electron chi connectivity index (χ1n) is 6.96. The number of amides is 1. The predicted octanol–water partition coefficient (Wildman–Crippen LogP) is 1.87. The van der Waals surface area contributed by atoms with Crippen molar-refractivity contribution < 1.29 is 27.9 Å². The molecule has 1 saturated heterocycles. The highest BCUT2D eigenvalue weighted by atomic mass is 19.4. The Morgan fingerprint density at radius 1 is 1.26 bits per heavy atom. The molecule has 1 spiro atoms. The fraction of sp³-hybridized carbons (Fsp3) is 0.467. The number of hydrogen-bond donors (Lipinski definition) is 1. The van der Waals surface area contributed by atoms with Gasteiger partial charge in [0.1, 0.15) is 0 Å². The number of benzene rings is 1. The Balaban J connectivity index is 0.000000236. The molecule has 23 heavy (non-hydrogen) atoms. The zero-order valence-corrected chi connectivity index (χ0v) is 12.7. The van der Waals surface area contributed by atoms with Gasteiger partial charge in [-0.15, -0.1) is 0 Å². The van der Waals surface area contributed by atoms with E-state index in [9.17, 15) is 18.0 Å². The number of fused-ring (bicyclic) bond motifs is 2. The maximum atomic E-state index is 12.4. The van der Waals surface area contributed by atoms with E-state index in [1.165, 1.54) is 5.56 Å². The molecule has 0 saturated carbocycles. The van der Waals surface area contributed by atoms with Gasteiger partial charge in [-0.05, 0) is 31.6 Å². The van der Waals surface area contributed by atoms with Gasteiger partial charge in [0, 0.05) is 19.3 Å². The van der Waals surface area contributed by atoms with Gasteiger partial charge in [0.25, 0.3) is 0 Å². The van der Waals surface area contributed by atoms with E-state index in [1.807, 2.05) is 30.1 Å². The number of carboxylic acids is 1. The number of rotatable bonds is 0. The van der Waals surface area contributed by atoms with Crippen molar-refractivity contribution >= 4 is 17.6 Å². The molecule has 1 aromatic rings. The number of nitrogens with zero attached hydrogens (tertiary/aromatic N) is 2. The van der Waals surface area contributed by atoms with Gasteiger partial charge in [0.15, 0.2) is 0 Å². The van der Waals surface area contributed by atoms with Gasteiger partial charge in [0.05, 0.1) is 5.41 Å². The SMILES string of the molecule is CN1CCC2(C1)C(=O)N(C)c1ccccc12.O=C(O)C(F)(F)F. The molecular weight excluding hydrogens is 313 g/mol. The summed E-state index contributed by atoms with van der Waals surface area (Å²) in [4.78, 5) is 25.4. The van der Waals surface area contributed by atoms with Crippen molar-refractivity contribution in [1.29, 1.82) is 0 Å². The monoisotopic (exact) mass is 330 g/mol. The Morgan fingerprint density at radius 3 is 2.30 bits per heavy atom. The van der Waals surface area contributed by atoms with Crippen LogP contribution in [0.1, 0.15) is 12.0 Å². The largest absolute Gasteiger partial charge is 0.490 e. The summed E-state index contributed by atoms with van der Waals surface area (Å²) in [6.45, 7) is 1.86. The summed E-state index contributed by atoms with van der Waals surface area (Å²) in [5.74, 6) is -2.49. The van der Waals surface area contributed by atoms with E-state index in [4.69, 9.17) is 9.90 Å². The van der Waals surface area contributed by atoms with Crippen LogP contribution in [0.4, 0.5) is 18.9 Å². The molecule has 0 aliphatic carbocycles. The summed E-state index contributed by atoms with van der Waals surface area (Å²) >= 11 is 0. The topological polar surface area (TPSA) is 60.9 Å². The minimum absolute atomic E-state index is 0.262. The Bertz CT molecular complexity index is 633. The maximum absolute atomic E-state index is 12.4. The van der Waals surface area contributed by atoms with E-state index in [2.05, 4.69) is 18.0 Å². The number of likely N-dealkylation sites (tertiary alicyclic amines) is 1. The summed E-state index contributed by atoms with van der Waals surface area (Å²) in [7, 11) is 3.97. The molecule has 1 N–H and O–H groups in total. The second-order valence-corrected chi connectivity index (χ2v) is 5.75. The first kappa shape index (κ1) is 17.3. The Hall–Kier alpha value is -2.09. The molecule has 5 nitrogen and oxygen atoms in total. The quantitative estimate of drug-likeness (QED) is 0.789. The highest BCUT2D eigenvalue weighted by Gasteiger charge is 2.52. The summed E-state index contributed by atoms with van der Waals surface area (Å²) in [5.41, 5.74) is 2.04. The number of carbonyl (C=O) groups excluding carboxylic acids is 1. The number of aliphatic carboxylic acids is 1. The van der Waals surface area contributed by atoms with Crippen LogP contribution in [-0.2, 0) is 15.0 Å². The summed E-state index contributed by atoms with van der Waals surface area (Å²) < 4.78 is 31.7. The summed E-state index contributed by atoms with van der Waals surface area (Å²) in [6, 6.07) is 8.18. The Labute approximate surface area is 131 Å². The van der Waals surface area contributed by atoms with Crippen molar-refractivity contribution in [2.45, 2.75) is 18.0 Å². The van der Waals surface area contributed by atoms with E-state index < -0.39 is 12.1 Å². The fourth-order valence-corrected chi connectivity index (χ4v) is 3.11. The molecule has 8 heteroatoms. The molecule has 126 valence electrons. The highest BCUT2D eigenvalue weighted by molar-refractivity contribution is 6.08. The second-order valence-electron chi connectivity index (χ2n) is 5.75. The van der Waals surface area contributed by atoms with Gasteiger partial charge < -0.3 is 14.9 Å². The molecule has 2 aliphatic heterocycles. The normalized spacial score (nSPS) is 23.7. The minimum atomic E-state index is -5.08. The van der Waals surface area contributed by atoms with Crippen LogP contribution in [0.3, 0.4) is 0 Å². The lowest BCUT2D eigenvalue weighted by Crippen LogP contribution is -2.40. The first-order valence-corrected chi connectivity index (χ1v) is 6.96. The van der Waals surface area contributed by atoms with Crippen molar-refractivity contribution in [3.8, 4) is 0 Å². The number of hydrogen-bond acceptors (Lipinski definition) is 3. The van der Waals surface area contributed by atoms with E-state index in [0.717, 1.165) is 25.2 Å². The van der Waals surface area contributed by atoms with Crippen molar-refractivity contribution in [2.75, 3.05) is 32.1 Å². The van der Waals surface area contributed by atoms with E-state index >= 15 is 0 Å². The average molecular weight is 330 g/mol. The average Bonchev–Trinajstić information content (AvgIpc) is 2.96. The predicted molar refractivity (Wildman–Crippen MR) is 77.3 cm³/mol. The van der Waals surface area contributed by atoms with Crippen LogP contribution in [0.5, 0.6) is 0 Å². The number of halogens is 3. The van der Waals surface area contributed by atoms with Crippen molar-refractivity contribution in [1.82, 2.24) is 4.90 Å². The number of alkyl halides is 3. The Kier molecular flexibility index (Phi) is 4.39. The number of carbonyl (C=O) groups is 2. The van der Waals surface area contributed by atoms with E-state index in [0.29, 0.717) is 0 Å². The molecule has 3 rings (SSSR count). The third-order valence-corrected chi connectivity index (χ3v) is 4.20. The van der Waals surface area contributed by atoms with Gasteiger partial charge in [-0.25, -0.2) is 4.79 Å². The lowest BCUT2D eigenvalue weighted by Gasteiger charge is -2.22. The van der Waals surface area contributed by atoms with Crippen LogP contribution in [0.2, 0.25) is 0 Å². The highest BCUT2D eigenvalue weighted by Crippen LogP contribution is 2.46. The molecule has 0 bridgehead atoms. The van der Waals surface area contributed by atoms with Crippen molar-refractivity contribution in [3.05, 3.63) is 29.8 Å². The van der Waals surface area contributed by atoms with Gasteiger partial charge >= 0.3 is 12.1 Å². The van der Waals surface area contributed by atoms with Crippen LogP contribution < -0.4 is 4.90 Å². The lowest BCUT2D eigenvalue weighted by atomic mass is 9.81. The maximum Gasteiger partial charge on any atom is 0.490 e. The molecular formula is C15H17F3N2O3. The molecule has 1 aromatic carbocycles. The second kappa shape index (κ2) is 5.84. The third-order valence-electron chi connectivity index (χ3n) is 4.20. The van der Waals surface area contributed by atoms with Crippen LogP contribution in [-0.4, -0.2) is 55.2 Å². The fourth-order valence-electron chi connectivity index (χ4n) is 3.11. The summed E-state index contributed by atoms with van der Waals surface area (Å²) in [5, 5.41) is 7.12. The number of anilines is 1. The van der Waals surface area contributed by atoms with Crippen molar-refractivity contribution in [2.24, 2.45) is 0 Å². The molecule has 1 fully saturated rings. The van der Waals surface area contributed by atoms with E-state index in [-0.39, 0.29) is 11.3 Å². The zero-order chi connectivity index (χ0) is 17.4. The number of likely N-dealkylation sites (N-methyl/N-ethyl adjacent to an activating group) is 2. The van der Waals surface area contributed by atoms with Crippen LogP contribution in [0.25, 0.3) is 0 Å². The molecule has 1 unspecified atom stereocenters. The number of carboxylic acid groups (broad SMARTS) is 1. The third kappa shape index (κ3) is 3.03. The molecule has 2 heterocycles. The number of para-hydroxylation sites is 1. The molecule has 0 aromatic heterocycles. The summed E-state index contributed by atoms with van der Waals surface area (Å²) in [6.07, 6.45) is -4.14. The molecule has 2 aliphatic rings. The van der Waals surface area contributed by atoms with Crippen LogP contribution in [0, 0.1) is 0 Å². The van der Waals surface area contributed by atoms with Crippen LogP contribution >= 0.6 is 0 Å². The smallest absolute Gasteiger partial charge is 0.475 e. The van der Waals surface area contributed by atoms with E-state index in [1.54, 1.807) is 0 Å². The van der Waals surface area contributed by atoms with Gasteiger partial charge in [-0.1, -0.05) is 18.2 Å². The molecule has 1 amide bonds. The van der Waals surface area contributed by atoms with Crippen molar-refractivity contribution in [3.63, 3.8) is 0 Å². The van der Waals surface area contributed by atoms with Gasteiger partial charge in [-0.2, -0.15) is 13.2 Å². The minimum Gasteiger partial charge on any atom is -0.475 e. The van der Waals surface area contributed by atoms with Gasteiger partial charge in [-0.3, -0.25) is 4.79 Å². The molecule has 1 atom stereocenters.